The zero-order valence-electron chi connectivity index (χ0n) is 20.6. The molecule has 1 saturated heterocycles. The lowest BCUT2D eigenvalue weighted by Gasteiger charge is -2.33. The van der Waals surface area contributed by atoms with Crippen molar-refractivity contribution >= 4 is 49.8 Å². The molecule has 188 valence electrons. The molecule has 1 fully saturated rings. The SMILES string of the molecule is C=S(N)(=O)N(C)c1ccccc1Cn1ccc2cnc(Nc3ccc(N4CCNC(C)C4)cc3)nc21. The van der Waals surface area contributed by atoms with E-state index in [9.17, 15) is 4.21 Å². The minimum atomic E-state index is -2.87. The number of rotatable bonds is 7. The fraction of sp³-hybridized carbons (Fsp3) is 0.269. The van der Waals surface area contributed by atoms with Crippen molar-refractivity contribution in [1.82, 2.24) is 19.9 Å². The minimum Gasteiger partial charge on any atom is -0.369 e. The van der Waals surface area contributed by atoms with E-state index >= 15 is 0 Å². The van der Waals surface area contributed by atoms with Crippen LogP contribution in [0.4, 0.5) is 23.0 Å². The lowest BCUT2D eigenvalue weighted by molar-refractivity contribution is 0.485. The number of aromatic nitrogens is 3. The normalized spacial score (nSPS) is 17.6. The van der Waals surface area contributed by atoms with Crippen molar-refractivity contribution in [2.24, 2.45) is 5.14 Å². The Kier molecular flexibility index (Phi) is 6.57. The van der Waals surface area contributed by atoms with Crippen LogP contribution in [0, 0.1) is 0 Å². The highest BCUT2D eigenvalue weighted by Crippen LogP contribution is 2.25. The monoisotopic (exact) mass is 504 g/mol. The Hall–Kier alpha value is -3.60. The predicted molar refractivity (Wildman–Crippen MR) is 150 cm³/mol. The van der Waals surface area contributed by atoms with Gasteiger partial charge in [-0.15, -0.1) is 0 Å². The van der Waals surface area contributed by atoms with E-state index in [4.69, 9.17) is 10.1 Å². The molecule has 4 N–H and O–H groups in total. The molecule has 36 heavy (non-hydrogen) atoms. The third kappa shape index (κ3) is 5.15. The largest absolute Gasteiger partial charge is 0.369 e. The second-order valence-electron chi connectivity index (χ2n) is 9.21. The van der Waals surface area contributed by atoms with Gasteiger partial charge < -0.3 is 20.1 Å². The fourth-order valence-corrected chi connectivity index (χ4v) is 5.02. The molecule has 2 atom stereocenters. The number of para-hydroxylation sites is 1. The van der Waals surface area contributed by atoms with Gasteiger partial charge in [0.25, 0.3) is 0 Å². The van der Waals surface area contributed by atoms with E-state index in [0.29, 0.717) is 18.5 Å². The van der Waals surface area contributed by atoms with Gasteiger partial charge in [0.2, 0.25) is 5.95 Å². The van der Waals surface area contributed by atoms with Gasteiger partial charge in [-0.25, -0.2) is 14.3 Å². The standard InChI is InChI=1S/C26H32N8OS/c1-19-17-33(15-13-28-19)23-10-8-22(9-11-23)30-26-29-16-20-12-14-34(25(20)31-26)18-21-6-4-5-7-24(21)32(2)36(3,27)35/h4-12,14,16,19,28H,3,13,15,17-18H2,1-2H3,(H2,27,35)(H,29,30,31). The summed E-state index contributed by atoms with van der Waals surface area (Å²) in [5.41, 5.74) is 4.68. The van der Waals surface area contributed by atoms with Crippen molar-refractivity contribution in [2.75, 3.05) is 41.2 Å². The highest BCUT2D eigenvalue weighted by Gasteiger charge is 2.16. The fourth-order valence-electron chi connectivity index (χ4n) is 4.51. The molecule has 4 aromatic rings. The number of hydrogen-bond donors (Lipinski definition) is 3. The first-order valence-corrected chi connectivity index (χ1v) is 13.7. The highest BCUT2D eigenvalue weighted by atomic mass is 32.2. The summed E-state index contributed by atoms with van der Waals surface area (Å²) in [6, 6.07) is 18.6. The van der Waals surface area contributed by atoms with Crippen LogP contribution < -0.4 is 25.0 Å². The van der Waals surface area contributed by atoms with Gasteiger partial charge in [-0.2, -0.15) is 4.98 Å². The molecule has 2 aromatic heterocycles. The van der Waals surface area contributed by atoms with Gasteiger partial charge >= 0.3 is 0 Å². The molecule has 5 rings (SSSR count). The molecule has 0 bridgehead atoms. The third-order valence-electron chi connectivity index (χ3n) is 6.49. The Morgan fingerprint density at radius 2 is 2.00 bits per heavy atom. The van der Waals surface area contributed by atoms with E-state index in [1.807, 2.05) is 47.3 Å². The summed E-state index contributed by atoms with van der Waals surface area (Å²) in [6.07, 6.45) is 3.80. The molecule has 2 aromatic carbocycles. The van der Waals surface area contributed by atoms with Gasteiger partial charge in [0.05, 0.1) is 12.2 Å². The minimum absolute atomic E-state index is 0.485. The van der Waals surface area contributed by atoms with Crippen LogP contribution in [0.25, 0.3) is 11.0 Å². The summed E-state index contributed by atoms with van der Waals surface area (Å²) in [5, 5.41) is 13.5. The molecule has 10 heteroatoms. The lowest BCUT2D eigenvalue weighted by Crippen LogP contribution is -2.49. The number of nitrogens with zero attached hydrogens (tertiary/aromatic N) is 5. The molecule has 0 radical (unpaired) electrons. The smallest absolute Gasteiger partial charge is 0.229 e. The van der Waals surface area contributed by atoms with Gasteiger partial charge in [0.15, 0.2) is 0 Å². The maximum absolute atomic E-state index is 12.3. The predicted octanol–water partition coefficient (Wildman–Crippen LogP) is 2.96. The molecule has 1 aliphatic heterocycles. The van der Waals surface area contributed by atoms with Gasteiger partial charge in [-0.05, 0) is 54.8 Å². The topological polar surface area (TPSA) is 104 Å². The van der Waals surface area contributed by atoms with Crippen molar-refractivity contribution in [2.45, 2.75) is 19.5 Å². The zero-order valence-corrected chi connectivity index (χ0v) is 21.4. The maximum atomic E-state index is 12.3. The average Bonchev–Trinajstić information content (AvgIpc) is 3.26. The first kappa shape index (κ1) is 24.1. The number of benzene rings is 2. The van der Waals surface area contributed by atoms with Crippen LogP contribution in [0.15, 0.2) is 67.0 Å². The van der Waals surface area contributed by atoms with Crippen LogP contribution in [0.5, 0.6) is 0 Å². The van der Waals surface area contributed by atoms with Crippen LogP contribution in [0.2, 0.25) is 0 Å². The quantitative estimate of drug-likeness (QED) is 0.334. The number of hydrogen-bond acceptors (Lipinski definition) is 6. The van der Waals surface area contributed by atoms with Crippen LogP contribution in [-0.2, 0) is 16.4 Å². The average molecular weight is 505 g/mol. The second-order valence-corrected chi connectivity index (χ2v) is 11.1. The van der Waals surface area contributed by atoms with E-state index in [1.165, 1.54) is 9.99 Å². The van der Waals surface area contributed by atoms with Crippen LogP contribution in [0.3, 0.4) is 0 Å². The Balaban J connectivity index is 1.36. The van der Waals surface area contributed by atoms with E-state index in [1.54, 1.807) is 7.05 Å². The highest BCUT2D eigenvalue weighted by molar-refractivity contribution is 7.99. The first-order valence-electron chi connectivity index (χ1n) is 11.9. The first-order chi connectivity index (χ1) is 17.3. The van der Waals surface area contributed by atoms with Crippen molar-refractivity contribution < 1.29 is 4.21 Å². The number of fused-ring (bicyclic) bond motifs is 1. The molecular weight excluding hydrogens is 472 g/mol. The molecule has 0 aliphatic carbocycles. The van der Waals surface area contributed by atoms with Crippen molar-refractivity contribution in [3.05, 3.63) is 72.6 Å². The van der Waals surface area contributed by atoms with Gasteiger partial charge in [-0.3, -0.25) is 4.31 Å². The molecular formula is C26H32N8OS. The summed E-state index contributed by atoms with van der Waals surface area (Å²) in [7, 11) is -1.18. The summed E-state index contributed by atoms with van der Waals surface area (Å²) in [4.78, 5) is 11.7. The van der Waals surface area contributed by atoms with Crippen LogP contribution in [-0.4, -0.2) is 57.3 Å². The Labute approximate surface area is 212 Å². The maximum Gasteiger partial charge on any atom is 0.229 e. The van der Waals surface area contributed by atoms with Crippen molar-refractivity contribution in [3.63, 3.8) is 0 Å². The summed E-state index contributed by atoms with van der Waals surface area (Å²) in [5.74, 6) is 4.14. The third-order valence-corrected chi connectivity index (χ3v) is 7.62. The van der Waals surface area contributed by atoms with Crippen LogP contribution >= 0.6 is 0 Å². The zero-order chi connectivity index (χ0) is 25.3. The van der Waals surface area contributed by atoms with E-state index in [-0.39, 0.29) is 0 Å². The van der Waals surface area contributed by atoms with Gasteiger partial charge in [0, 0.05) is 61.9 Å². The van der Waals surface area contributed by atoms with Crippen molar-refractivity contribution in [3.8, 4) is 0 Å². The lowest BCUT2D eigenvalue weighted by atomic mass is 10.2. The second kappa shape index (κ2) is 9.81. The summed E-state index contributed by atoms with van der Waals surface area (Å²) in [6.45, 7) is 5.74. The molecule has 0 saturated carbocycles. The number of nitrogens with two attached hydrogens (primary N) is 1. The van der Waals surface area contributed by atoms with Gasteiger partial charge in [0.1, 0.15) is 15.5 Å². The Bertz CT molecular complexity index is 1470. The van der Waals surface area contributed by atoms with E-state index in [0.717, 1.165) is 47.6 Å². The molecule has 3 heterocycles. The summed E-state index contributed by atoms with van der Waals surface area (Å²) >= 11 is 0. The molecule has 1 aliphatic rings. The molecule has 0 spiro atoms. The van der Waals surface area contributed by atoms with Gasteiger partial charge in [-0.1, -0.05) is 18.2 Å². The number of piperazine rings is 1. The van der Waals surface area contributed by atoms with E-state index in [2.05, 4.69) is 57.6 Å². The van der Waals surface area contributed by atoms with Crippen molar-refractivity contribution in [1.29, 1.82) is 0 Å². The summed E-state index contributed by atoms with van der Waals surface area (Å²) < 4.78 is 15.9. The van der Waals surface area contributed by atoms with Crippen LogP contribution in [0.1, 0.15) is 12.5 Å². The number of nitrogens with one attached hydrogen (secondary N) is 2. The Morgan fingerprint density at radius 1 is 1.22 bits per heavy atom. The number of anilines is 4. The Morgan fingerprint density at radius 3 is 2.75 bits per heavy atom. The van der Waals surface area contributed by atoms with E-state index < -0.39 is 9.89 Å². The molecule has 9 nitrogen and oxygen atoms in total. The molecule has 2 unspecified atom stereocenters. The molecule has 0 amide bonds.